The molecule has 2 aliphatic heterocycles. The Kier molecular flexibility index (Phi) is 4.89. The molecule has 0 amide bonds. The number of rotatable bonds is 6. The van der Waals surface area contributed by atoms with E-state index in [1.807, 2.05) is 54.6 Å². The van der Waals surface area contributed by atoms with Crippen molar-refractivity contribution in [3.63, 3.8) is 0 Å². The highest BCUT2D eigenvalue weighted by Crippen LogP contribution is 2.57. The Bertz CT molecular complexity index is 1210. The van der Waals surface area contributed by atoms with E-state index in [9.17, 15) is 4.79 Å². The van der Waals surface area contributed by atoms with E-state index in [-0.39, 0.29) is 5.97 Å². The van der Waals surface area contributed by atoms with Crippen molar-refractivity contribution < 1.29 is 19.0 Å². The minimum absolute atomic E-state index is 0.343. The first-order valence-corrected chi connectivity index (χ1v) is 10.9. The molecule has 5 heteroatoms. The fourth-order valence-corrected chi connectivity index (χ4v) is 4.67. The van der Waals surface area contributed by atoms with Crippen LogP contribution in [-0.4, -0.2) is 25.7 Å². The molecule has 5 nitrogen and oxygen atoms in total. The number of ether oxygens (including phenoxy) is 3. The van der Waals surface area contributed by atoms with Crippen LogP contribution in [0.2, 0.25) is 0 Å². The number of carbonyl (C=O) groups excluding carboxylic acids is 1. The molecule has 2 aliphatic rings. The summed E-state index contributed by atoms with van der Waals surface area (Å²) in [6.45, 7) is 10.1. The van der Waals surface area contributed by atoms with E-state index in [1.54, 1.807) is 6.08 Å². The van der Waals surface area contributed by atoms with E-state index in [0.717, 1.165) is 35.5 Å². The van der Waals surface area contributed by atoms with Crippen LogP contribution >= 0.6 is 0 Å². The number of benzene rings is 3. The molecule has 0 radical (unpaired) electrons. The quantitative estimate of drug-likeness (QED) is 0.375. The van der Waals surface area contributed by atoms with Crippen molar-refractivity contribution in [1.82, 2.24) is 0 Å². The smallest absolute Gasteiger partial charge is 0.340 e. The summed E-state index contributed by atoms with van der Waals surface area (Å²) >= 11 is 0. The van der Waals surface area contributed by atoms with E-state index in [0.29, 0.717) is 29.4 Å². The predicted molar refractivity (Wildman–Crippen MR) is 124 cm³/mol. The highest BCUT2D eigenvalue weighted by molar-refractivity contribution is 5.97. The minimum Gasteiger partial charge on any atom is -0.490 e. The largest absolute Gasteiger partial charge is 0.490 e. The SMILES string of the molecule is C=CCOc1ccc2c(c1)C1(OC(=O)c3ccccc31)c1ccc(N(CC)CC)cc1O2. The Labute approximate surface area is 187 Å². The van der Waals surface area contributed by atoms with Crippen LogP contribution in [0.25, 0.3) is 0 Å². The van der Waals surface area contributed by atoms with E-state index in [4.69, 9.17) is 14.2 Å². The maximum Gasteiger partial charge on any atom is 0.340 e. The Morgan fingerprint density at radius 1 is 0.969 bits per heavy atom. The van der Waals surface area contributed by atoms with Gasteiger partial charge in [0.25, 0.3) is 0 Å². The van der Waals surface area contributed by atoms with Gasteiger partial charge >= 0.3 is 5.97 Å². The van der Waals surface area contributed by atoms with Gasteiger partial charge in [-0.2, -0.15) is 0 Å². The molecule has 0 saturated carbocycles. The lowest BCUT2D eigenvalue weighted by Crippen LogP contribution is -2.33. The Hall–Kier alpha value is -3.73. The maximum atomic E-state index is 13.0. The molecule has 0 saturated heterocycles. The summed E-state index contributed by atoms with van der Waals surface area (Å²) in [5.41, 5.74) is 2.91. The molecule has 32 heavy (non-hydrogen) atoms. The molecule has 2 heterocycles. The molecule has 1 spiro atoms. The summed E-state index contributed by atoms with van der Waals surface area (Å²) < 4.78 is 18.4. The lowest BCUT2D eigenvalue weighted by atomic mass is 9.77. The zero-order chi connectivity index (χ0) is 22.3. The van der Waals surface area contributed by atoms with Crippen molar-refractivity contribution in [1.29, 1.82) is 0 Å². The number of nitrogens with zero attached hydrogens (tertiary/aromatic N) is 1. The first-order valence-electron chi connectivity index (χ1n) is 10.9. The van der Waals surface area contributed by atoms with E-state index in [1.165, 1.54) is 0 Å². The van der Waals surface area contributed by atoms with Gasteiger partial charge in [0, 0.05) is 36.0 Å². The zero-order valence-corrected chi connectivity index (χ0v) is 18.3. The van der Waals surface area contributed by atoms with Crippen molar-refractivity contribution >= 4 is 11.7 Å². The van der Waals surface area contributed by atoms with Gasteiger partial charge in [0.1, 0.15) is 23.9 Å². The van der Waals surface area contributed by atoms with Gasteiger partial charge in [-0.1, -0.05) is 30.9 Å². The van der Waals surface area contributed by atoms with Crippen LogP contribution in [0.1, 0.15) is 40.9 Å². The van der Waals surface area contributed by atoms with Crippen LogP contribution < -0.4 is 14.4 Å². The van der Waals surface area contributed by atoms with Crippen LogP contribution in [0.5, 0.6) is 17.2 Å². The van der Waals surface area contributed by atoms with E-state index in [2.05, 4.69) is 31.4 Å². The summed E-state index contributed by atoms with van der Waals surface area (Å²) in [5, 5.41) is 0. The molecule has 3 aromatic rings. The third-order valence-corrected chi connectivity index (χ3v) is 6.16. The van der Waals surface area contributed by atoms with Crippen LogP contribution in [0.4, 0.5) is 5.69 Å². The van der Waals surface area contributed by atoms with Crippen LogP contribution in [0.15, 0.2) is 73.3 Å². The normalized spacial score (nSPS) is 17.6. The molecule has 3 aromatic carbocycles. The van der Waals surface area contributed by atoms with Gasteiger partial charge < -0.3 is 19.1 Å². The van der Waals surface area contributed by atoms with E-state index < -0.39 is 5.60 Å². The third-order valence-electron chi connectivity index (χ3n) is 6.16. The summed E-state index contributed by atoms with van der Waals surface area (Å²) in [6.07, 6.45) is 1.70. The third kappa shape index (κ3) is 2.88. The zero-order valence-electron chi connectivity index (χ0n) is 18.3. The van der Waals surface area contributed by atoms with Gasteiger partial charge in [-0.15, -0.1) is 0 Å². The second kappa shape index (κ2) is 7.75. The average molecular weight is 428 g/mol. The molecule has 0 aromatic heterocycles. The van der Waals surface area contributed by atoms with Crippen molar-refractivity contribution in [2.75, 3.05) is 24.6 Å². The molecule has 1 unspecified atom stereocenters. The molecule has 0 aliphatic carbocycles. The first kappa shape index (κ1) is 20.2. The Morgan fingerprint density at radius 3 is 2.56 bits per heavy atom. The fraction of sp³-hybridized carbons (Fsp3) is 0.222. The molecule has 0 N–H and O–H groups in total. The van der Waals surface area contributed by atoms with Gasteiger partial charge in [0.2, 0.25) is 0 Å². The second-order valence-corrected chi connectivity index (χ2v) is 7.83. The lowest BCUT2D eigenvalue weighted by molar-refractivity contribution is 0.0223. The number of esters is 1. The molecule has 1 atom stereocenters. The minimum atomic E-state index is -1.09. The molecular weight excluding hydrogens is 402 g/mol. The van der Waals surface area contributed by atoms with Gasteiger partial charge in [0.05, 0.1) is 11.1 Å². The monoisotopic (exact) mass is 427 g/mol. The first-order chi connectivity index (χ1) is 15.6. The van der Waals surface area contributed by atoms with Gasteiger partial charge in [-0.25, -0.2) is 4.79 Å². The molecular formula is C27H25NO4. The van der Waals surface area contributed by atoms with Crippen LogP contribution in [-0.2, 0) is 10.3 Å². The average Bonchev–Trinajstić information content (AvgIpc) is 3.12. The predicted octanol–water partition coefficient (Wildman–Crippen LogP) is 5.67. The van der Waals surface area contributed by atoms with Crippen LogP contribution in [0.3, 0.4) is 0 Å². The number of carbonyl (C=O) groups is 1. The molecule has 162 valence electrons. The van der Waals surface area contributed by atoms with Crippen molar-refractivity contribution in [3.8, 4) is 17.2 Å². The standard InChI is InChI=1S/C27H25NO4/c1-4-15-30-19-12-14-24-23(17-19)27(21-10-8-7-9-20(21)26(29)32-27)22-13-11-18(16-25(22)31-24)28(5-2)6-3/h4,7-14,16-17H,1,5-6,15H2,2-3H3. The number of fused-ring (bicyclic) bond motifs is 6. The van der Waals surface area contributed by atoms with Crippen molar-refractivity contribution in [2.45, 2.75) is 19.4 Å². The highest BCUT2D eigenvalue weighted by Gasteiger charge is 2.53. The maximum absolute atomic E-state index is 13.0. The molecule has 0 fully saturated rings. The summed E-state index contributed by atoms with van der Waals surface area (Å²) in [7, 11) is 0. The van der Waals surface area contributed by atoms with Gasteiger partial charge in [0.15, 0.2) is 5.60 Å². The Morgan fingerprint density at radius 2 is 1.78 bits per heavy atom. The van der Waals surface area contributed by atoms with Crippen molar-refractivity contribution in [3.05, 3.63) is 95.6 Å². The van der Waals surface area contributed by atoms with Crippen molar-refractivity contribution in [2.24, 2.45) is 0 Å². The molecule has 5 rings (SSSR count). The second-order valence-electron chi connectivity index (χ2n) is 7.83. The van der Waals surface area contributed by atoms with Crippen LogP contribution in [0, 0.1) is 0 Å². The summed E-state index contributed by atoms with van der Waals surface area (Å²) in [4.78, 5) is 15.2. The van der Waals surface area contributed by atoms with E-state index >= 15 is 0 Å². The van der Waals surface area contributed by atoms with Gasteiger partial charge in [-0.05, 0) is 50.2 Å². The lowest BCUT2D eigenvalue weighted by Gasteiger charge is -2.37. The summed E-state index contributed by atoms with van der Waals surface area (Å²) in [6, 6.07) is 19.3. The number of anilines is 1. The topological polar surface area (TPSA) is 48.0 Å². The number of hydrogen-bond acceptors (Lipinski definition) is 5. The fourth-order valence-electron chi connectivity index (χ4n) is 4.67. The Balaban J connectivity index is 1.76. The van der Waals surface area contributed by atoms with Gasteiger partial charge in [-0.3, -0.25) is 0 Å². The summed E-state index contributed by atoms with van der Waals surface area (Å²) in [5.74, 6) is 1.65. The molecule has 0 bridgehead atoms. The number of hydrogen-bond donors (Lipinski definition) is 0. The highest BCUT2D eigenvalue weighted by atomic mass is 16.6.